The highest BCUT2D eigenvalue weighted by Gasteiger charge is 2.25. The molecule has 0 bridgehead atoms. The maximum Gasteiger partial charge on any atom is -0.00724 e. The SMILES string of the molecule is C=CC=CC(C)CC(C)(CC)c1ccccc1. The zero-order valence-electron chi connectivity index (χ0n) is 11.3. The fourth-order valence-corrected chi connectivity index (χ4v) is 2.35. The van der Waals surface area contributed by atoms with Gasteiger partial charge in [0.1, 0.15) is 0 Å². The van der Waals surface area contributed by atoms with E-state index in [-0.39, 0.29) is 5.41 Å². The van der Waals surface area contributed by atoms with E-state index in [1.54, 1.807) is 0 Å². The van der Waals surface area contributed by atoms with E-state index in [0.29, 0.717) is 5.92 Å². The molecule has 0 fully saturated rings. The molecule has 0 nitrogen and oxygen atoms in total. The molecule has 2 unspecified atom stereocenters. The summed E-state index contributed by atoms with van der Waals surface area (Å²) in [5.41, 5.74) is 1.72. The molecule has 92 valence electrons. The molecule has 0 aliphatic rings. The maximum absolute atomic E-state index is 3.72. The van der Waals surface area contributed by atoms with Gasteiger partial charge in [0.2, 0.25) is 0 Å². The molecule has 0 heteroatoms. The van der Waals surface area contributed by atoms with Crippen LogP contribution >= 0.6 is 0 Å². The lowest BCUT2D eigenvalue weighted by atomic mass is 9.74. The summed E-state index contributed by atoms with van der Waals surface area (Å²) in [6.07, 6.45) is 8.49. The van der Waals surface area contributed by atoms with Crippen molar-refractivity contribution in [3.63, 3.8) is 0 Å². The van der Waals surface area contributed by atoms with Gasteiger partial charge in [-0.1, -0.05) is 75.9 Å². The van der Waals surface area contributed by atoms with Gasteiger partial charge in [-0.05, 0) is 29.7 Å². The minimum absolute atomic E-state index is 0.270. The van der Waals surface area contributed by atoms with Gasteiger partial charge in [-0.25, -0.2) is 0 Å². The van der Waals surface area contributed by atoms with E-state index in [4.69, 9.17) is 0 Å². The molecule has 0 aromatic heterocycles. The fourth-order valence-electron chi connectivity index (χ4n) is 2.35. The van der Waals surface area contributed by atoms with Crippen molar-refractivity contribution in [1.29, 1.82) is 0 Å². The third-order valence-electron chi connectivity index (χ3n) is 3.60. The number of benzene rings is 1. The van der Waals surface area contributed by atoms with Gasteiger partial charge < -0.3 is 0 Å². The molecule has 0 amide bonds. The van der Waals surface area contributed by atoms with E-state index in [2.05, 4.69) is 63.8 Å². The van der Waals surface area contributed by atoms with Crippen LogP contribution in [0.25, 0.3) is 0 Å². The minimum Gasteiger partial charge on any atom is -0.0991 e. The van der Waals surface area contributed by atoms with Crippen LogP contribution in [0.5, 0.6) is 0 Å². The molecular formula is C17H24. The summed E-state index contributed by atoms with van der Waals surface area (Å²) in [4.78, 5) is 0. The van der Waals surface area contributed by atoms with Gasteiger partial charge in [-0.15, -0.1) is 0 Å². The Bertz CT molecular complexity index is 361. The first-order chi connectivity index (χ1) is 8.12. The Kier molecular flexibility index (Phi) is 5.21. The average Bonchev–Trinajstić information content (AvgIpc) is 2.37. The smallest absolute Gasteiger partial charge is 0.00724 e. The Balaban J connectivity index is 2.82. The quantitative estimate of drug-likeness (QED) is 0.593. The molecular weight excluding hydrogens is 204 g/mol. The normalized spacial score (nSPS) is 16.6. The molecule has 17 heavy (non-hydrogen) atoms. The predicted octanol–water partition coefficient (Wildman–Crippen LogP) is 5.12. The van der Waals surface area contributed by atoms with Crippen LogP contribution in [-0.4, -0.2) is 0 Å². The molecule has 1 aromatic rings. The minimum atomic E-state index is 0.270. The van der Waals surface area contributed by atoms with Crippen molar-refractivity contribution >= 4 is 0 Å². The first-order valence-electron chi connectivity index (χ1n) is 6.47. The number of hydrogen-bond donors (Lipinski definition) is 0. The molecule has 1 aromatic carbocycles. The molecule has 0 spiro atoms. The van der Waals surface area contributed by atoms with Gasteiger partial charge >= 0.3 is 0 Å². The largest absolute Gasteiger partial charge is 0.0991 e. The Morgan fingerprint density at radius 1 is 1.29 bits per heavy atom. The van der Waals surface area contributed by atoms with Crippen LogP contribution in [0.4, 0.5) is 0 Å². The third kappa shape index (κ3) is 3.89. The lowest BCUT2D eigenvalue weighted by molar-refractivity contribution is 0.375. The highest BCUT2D eigenvalue weighted by atomic mass is 14.3. The van der Waals surface area contributed by atoms with Crippen molar-refractivity contribution in [1.82, 2.24) is 0 Å². The lowest BCUT2D eigenvalue weighted by Gasteiger charge is -2.31. The summed E-state index contributed by atoms with van der Waals surface area (Å²) in [5.74, 6) is 0.582. The molecule has 1 rings (SSSR count). The Hall–Kier alpha value is -1.30. The molecule has 0 saturated carbocycles. The van der Waals surface area contributed by atoms with E-state index in [1.807, 2.05) is 12.2 Å². The van der Waals surface area contributed by atoms with Gasteiger partial charge in [0, 0.05) is 0 Å². The number of hydrogen-bond acceptors (Lipinski definition) is 0. The average molecular weight is 228 g/mol. The second-order valence-electron chi connectivity index (χ2n) is 5.08. The van der Waals surface area contributed by atoms with E-state index < -0.39 is 0 Å². The summed E-state index contributed by atoms with van der Waals surface area (Å²) < 4.78 is 0. The maximum atomic E-state index is 3.72. The van der Waals surface area contributed by atoms with Crippen molar-refractivity contribution in [3.05, 3.63) is 60.7 Å². The van der Waals surface area contributed by atoms with Gasteiger partial charge in [-0.2, -0.15) is 0 Å². The molecule has 0 aliphatic heterocycles. The van der Waals surface area contributed by atoms with E-state index in [0.717, 1.165) is 0 Å². The second kappa shape index (κ2) is 6.44. The predicted molar refractivity (Wildman–Crippen MR) is 77.2 cm³/mol. The summed E-state index contributed by atoms with van der Waals surface area (Å²) in [6, 6.07) is 10.8. The van der Waals surface area contributed by atoms with Crippen LogP contribution in [-0.2, 0) is 5.41 Å². The topological polar surface area (TPSA) is 0 Å². The molecule has 0 radical (unpaired) electrons. The van der Waals surface area contributed by atoms with Crippen LogP contribution in [0.15, 0.2) is 55.1 Å². The molecule has 0 saturated heterocycles. The standard InChI is InChI=1S/C17H24/c1-5-7-11-15(3)14-17(4,6-2)16-12-9-8-10-13-16/h5,7-13,15H,1,6,14H2,2-4H3. The molecule has 0 aliphatic carbocycles. The second-order valence-corrected chi connectivity index (χ2v) is 5.08. The first kappa shape index (κ1) is 13.8. The third-order valence-corrected chi connectivity index (χ3v) is 3.60. The van der Waals surface area contributed by atoms with E-state index in [1.165, 1.54) is 18.4 Å². The van der Waals surface area contributed by atoms with Crippen LogP contribution in [0, 0.1) is 5.92 Å². The van der Waals surface area contributed by atoms with Gasteiger partial charge in [0.05, 0.1) is 0 Å². The van der Waals surface area contributed by atoms with Crippen LogP contribution in [0.1, 0.15) is 39.2 Å². The fraction of sp³-hybridized carbons (Fsp3) is 0.412. The zero-order chi connectivity index (χ0) is 12.7. The summed E-state index contributed by atoms with van der Waals surface area (Å²) in [5, 5.41) is 0. The van der Waals surface area contributed by atoms with Crippen molar-refractivity contribution in [2.75, 3.05) is 0 Å². The zero-order valence-corrected chi connectivity index (χ0v) is 11.3. The highest BCUT2D eigenvalue weighted by molar-refractivity contribution is 5.24. The van der Waals surface area contributed by atoms with E-state index >= 15 is 0 Å². The van der Waals surface area contributed by atoms with Crippen LogP contribution in [0.3, 0.4) is 0 Å². The first-order valence-corrected chi connectivity index (χ1v) is 6.47. The van der Waals surface area contributed by atoms with E-state index in [9.17, 15) is 0 Å². The molecule has 0 heterocycles. The number of allylic oxidation sites excluding steroid dienone is 3. The Morgan fingerprint density at radius 3 is 2.47 bits per heavy atom. The monoisotopic (exact) mass is 228 g/mol. The van der Waals surface area contributed by atoms with Crippen molar-refractivity contribution < 1.29 is 0 Å². The number of rotatable bonds is 6. The summed E-state index contributed by atoms with van der Waals surface area (Å²) >= 11 is 0. The van der Waals surface area contributed by atoms with Gasteiger partial charge in [0.15, 0.2) is 0 Å². The summed E-state index contributed by atoms with van der Waals surface area (Å²) in [7, 11) is 0. The Morgan fingerprint density at radius 2 is 1.94 bits per heavy atom. The highest BCUT2D eigenvalue weighted by Crippen LogP contribution is 2.34. The van der Waals surface area contributed by atoms with Crippen molar-refractivity contribution in [3.8, 4) is 0 Å². The van der Waals surface area contributed by atoms with Gasteiger partial charge in [0.25, 0.3) is 0 Å². The molecule has 2 atom stereocenters. The molecule has 0 N–H and O–H groups in total. The lowest BCUT2D eigenvalue weighted by Crippen LogP contribution is -2.23. The van der Waals surface area contributed by atoms with Crippen LogP contribution in [0.2, 0.25) is 0 Å². The summed E-state index contributed by atoms with van der Waals surface area (Å²) in [6.45, 7) is 10.6. The van der Waals surface area contributed by atoms with Crippen molar-refractivity contribution in [2.24, 2.45) is 5.92 Å². The van der Waals surface area contributed by atoms with Crippen LogP contribution < -0.4 is 0 Å². The Labute approximate surface area is 106 Å². The van der Waals surface area contributed by atoms with Gasteiger partial charge in [-0.3, -0.25) is 0 Å². The van der Waals surface area contributed by atoms with Crippen molar-refractivity contribution in [2.45, 2.75) is 39.0 Å².